The minimum absolute atomic E-state index is 0.0278. The number of halogens is 1. The lowest BCUT2D eigenvalue weighted by Crippen LogP contribution is -2.34. The predicted molar refractivity (Wildman–Crippen MR) is 56.5 cm³/mol. The molecule has 0 aliphatic rings. The van der Waals surface area contributed by atoms with Gasteiger partial charge in [0.25, 0.3) is 0 Å². The summed E-state index contributed by atoms with van der Waals surface area (Å²) < 4.78 is 29.2. The average Bonchev–Trinajstić information content (AvgIpc) is 2.12. The Balaban J connectivity index is 4.03. The van der Waals surface area contributed by atoms with Gasteiger partial charge in [0.2, 0.25) is 10.0 Å². The van der Waals surface area contributed by atoms with Crippen LogP contribution in [0.2, 0.25) is 0 Å². The highest BCUT2D eigenvalue weighted by molar-refractivity contribution is 9.10. The summed E-state index contributed by atoms with van der Waals surface area (Å²) in [5.41, 5.74) is 0. The van der Waals surface area contributed by atoms with Gasteiger partial charge in [0.05, 0.1) is 6.61 Å². The zero-order valence-electron chi connectivity index (χ0n) is 7.99. The van der Waals surface area contributed by atoms with Crippen molar-refractivity contribution in [1.29, 1.82) is 0 Å². The second-order valence-corrected chi connectivity index (χ2v) is 5.68. The van der Waals surface area contributed by atoms with E-state index in [0.717, 1.165) is 0 Å². The van der Waals surface area contributed by atoms with E-state index in [2.05, 4.69) is 15.9 Å². The third-order valence-electron chi connectivity index (χ3n) is 1.57. The SMILES string of the molecule is CCOCCN(CC)S(=O)(=O)CBr. The normalized spacial score (nSPS) is 12.3. The topological polar surface area (TPSA) is 46.6 Å². The maximum Gasteiger partial charge on any atom is 0.224 e. The van der Waals surface area contributed by atoms with Crippen molar-refractivity contribution in [3.8, 4) is 0 Å². The monoisotopic (exact) mass is 273 g/mol. The van der Waals surface area contributed by atoms with Crippen molar-refractivity contribution in [2.75, 3.05) is 31.0 Å². The van der Waals surface area contributed by atoms with Crippen LogP contribution in [-0.4, -0.2) is 43.7 Å². The van der Waals surface area contributed by atoms with Gasteiger partial charge in [-0.1, -0.05) is 22.9 Å². The van der Waals surface area contributed by atoms with E-state index in [4.69, 9.17) is 4.74 Å². The molecule has 0 amide bonds. The second-order valence-electron chi connectivity index (χ2n) is 2.41. The van der Waals surface area contributed by atoms with Crippen molar-refractivity contribution in [2.24, 2.45) is 0 Å². The fourth-order valence-electron chi connectivity index (χ4n) is 0.874. The highest BCUT2D eigenvalue weighted by Crippen LogP contribution is 2.03. The van der Waals surface area contributed by atoms with Crippen molar-refractivity contribution >= 4 is 26.0 Å². The molecule has 0 spiro atoms. The summed E-state index contributed by atoms with van der Waals surface area (Å²) in [5, 5.41) is 0. The Morgan fingerprint density at radius 2 is 2.00 bits per heavy atom. The van der Waals surface area contributed by atoms with Gasteiger partial charge in [-0.3, -0.25) is 0 Å². The number of likely N-dealkylation sites (N-methyl/N-ethyl adjacent to an activating group) is 1. The first-order valence-electron chi connectivity index (χ1n) is 4.20. The molecule has 0 fully saturated rings. The minimum Gasteiger partial charge on any atom is -0.380 e. The molecular weight excluding hydrogens is 258 g/mol. The Hall–Kier alpha value is 0.350. The molecule has 0 N–H and O–H groups in total. The average molecular weight is 274 g/mol. The maximum absolute atomic E-state index is 11.3. The zero-order chi connectivity index (χ0) is 10.3. The lowest BCUT2D eigenvalue weighted by Gasteiger charge is -2.18. The number of alkyl halides is 1. The lowest BCUT2D eigenvalue weighted by molar-refractivity contribution is 0.135. The van der Waals surface area contributed by atoms with Crippen LogP contribution >= 0.6 is 15.9 Å². The standard InChI is InChI=1S/C7H16BrNO3S/c1-3-9(5-6-12-4-2)13(10,11)7-8/h3-7H2,1-2H3. The van der Waals surface area contributed by atoms with E-state index in [1.807, 2.05) is 13.8 Å². The van der Waals surface area contributed by atoms with Crippen molar-refractivity contribution in [1.82, 2.24) is 4.31 Å². The number of nitrogens with zero attached hydrogens (tertiary/aromatic N) is 1. The molecule has 0 aromatic heterocycles. The Kier molecular flexibility index (Phi) is 6.93. The quantitative estimate of drug-likeness (QED) is 0.514. The first-order chi connectivity index (χ1) is 6.08. The summed E-state index contributed by atoms with van der Waals surface area (Å²) in [6, 6.07) is 0. The van der Waals surface area contributed by atoms with Crippen LogP contribution in [0.3, 0.4) is 0 Å². The number of ether oxygens (including phenoxy) is 1. The van der Waals surface area contributed by atoms with E-state index in [9.17, 15) is 8.42 Å². The van der Waals surface area contributed by atoms with Gasteiger partial charge in [-0.15, -0.1) is 0 Å². The fraction of sp³-hybridized carbons (Fsp3) is 1.00. The van der Waals surface area contributed by atoms with Crippen molar-refractivity contribution < 1.29 is 13.2 Å². The molecule has 6 heteroatoms. The second kappa shape index (κ2) is 6.75. The van der Waals surface area contributed by atoms with E-state index in [0.29, 0.717) is 26.3 Å². The first-order valence-corrected chi connectivity index (χ1v) is 6.93. The minimum atomic E-state index is -3.12. The number of sulfonamides is 1. The Morgan fingerprint density at radius 3 is 2.38 bits per heavy atom. The molecular formula is C7H16BrNO3S. The number of rotatable bonds is 7. The predicted octanol–water partition coefficient (Wildman–Crippen LogP) is 1.03. The largest absolute Gasteiger partial charge is 0.380 e. The molecule has 0 atom stereocenters. The summed E-state index contributed by atoms with van der Waals surface area (Å²) in [6.45, 7) is 5.68. The Morgan fingerprint density at radius 1 is 1.38 bits per heavy atom. The molecule has 0 aromatic carbocycles. The maximum atomic E-state index is 11.3. The summed E-state index contributed by atoms with van der Waals surface area (Å²) in [5.74, 6) is 0. The molecule has 0 rings (SSSR count). The highest BCUT2D eigenvalue weighted by Gasteiger charge is 2.17. The van der Waals surface area contributed by atoms with Gasteiger partial charge in [0.1, 0.15) is 4.66 Å². The van der Waals surface area contributed by atoms with Gasteiger partial charge in [0.15, 0.2) is 0 Å². The van der Waals surface area contributed by atoms with Crippen molar-refractivity contribution in [2.45, 2.75) is 13.8 Å². The Labute approximate surface area is 88.4 Å². The van der Waals surface area contributed by atoms with Crippen LogP contribution in [0.5, 0.6) is 0 Å². The summed E-state index contributed by atoms with van der Waals surface area (Å²) >= 11 is 2.95. The summed E-state index contributed by atoms with van der Waals surface area (Å²) in [4.78, 5) is 0. The van der Waals surface area contributed by atoms with Crippen LogP contribution in [0.1, 0.15) is 13.8 Å². The molecule has 0 radical (unpaired) electrons. The molecule has 0 heterocycles. The van der Waals surface area contributed by atoms with Crippen LogP contribution in [0.25, 0.3) is 0 Å². The number of hydrogen-bond donors (Lipinski definition) is 0. The van der Waals surface area contributed by atoms with E-state index >= 15 is 0 Å². The molecule has 0 aliphatic carbocycles. The third-order valence-corrected chi connectivity index (χ3v) is 4.81. The van der Waals surface area contributed by atoms with Gasteiger partial charge < -0.3 is 4.74 Å². The summed E-state index contributed by atoms with van der Waals surface area (Å²) in [6.07, 6.45) is 0. The van der Waals surface area contributed by atoms with E-state index in [1.165, 1.54) is 4.31 Å². The van der Waals surface area contributed by atoms with Crippen LogP contribution in [-0.2, 0) is 14.8 Å². The molecule has 80 valence electrons. The van der Waals surface area contributed by atoms with Gasteiger partial charge >= 0.3 is 0 Å². The van der Waals surface area contributed by atoms with Gasteiger partial charge in [-0.2, -0.15) is 4.31 Å². The Bertz CT molecular complexity index is 218. The van der Waals surface area contributed by atoms with Gasteiger partial charge in [-0.05, 0) is 6.92 Å². The first kappa shape index (κ1) is 13.4. The number of hydrogen-bond acceptors (Lipinski definition) is 3. The molecule has 0 saturated heterocycles. The fourth-order valence-corrected chi connectivity index (χ4v) is 2.63. The third kappa shape index (κ3) is 4.95. The molecule has 0 aromatic rings. The molecule has 0 unspecified atom stereocenters. The molecule has 13 heavy (non-hydrogen) atoms. The zero-order valence-corrected chi connectivity index (χ0v) is 10.4. The molecule has 0 aliphatic heterocycles. The highest BCUT2D eigenvalue weighted by atomic mass is 79.9. The van der Waals surface area contributed by atoms with Gasteiger partial charge in [0, 0.05) is 19.7 Å². The van der Waals surface area contributed by atoms with Crippen LogP contribution < -0.4 is 0 Å². The van der Waals surface area contributed by atoms with E-state index in [-0.39, 0.29) is 4.66 Å². The van der Waals surface area contributed by atoms with Crippen LogP contribution in [0, 0.1) is 0 Å². The van der Waals surface area contributed by atoms with Gasteiger partial charge in [-0.25, -0.2) is 8.42 Å². The van der Waals surface area contributed by atoms with Crippen molar-refractivity contribution in [3.05, 3.63) is 0 Å². The molecule has 0 bridgehead atoms. The lowest BCUT2D eigenvalue weighted by atomic mass is 10.6. The van der Waals surface area contributed by atoms with Crippen LogP contribution in [0.15, 0.2) is 0 Å². The smallest absolute Gasteiger partial charge is 0.224 e. The van der Waals surface area contributed by atoms with E-state index in [1.54, 1.807) is 0 Å². The van der Waals surface area contributed by atoms with Crippen LogP contribution in [0.4, 0.5) is 0 Å². The molecule has 4 nitrogen and oxygen atoms in total. The van der Waals surface area contributed by atoms with E-state index < -0.39 is 10.0 Å². The molecule has 0 saturated carbocycles. The van der Waals surface area contributed by atoms with Crippen molar-refractivity contribution in [3.63, 3.8) is 0 Å². The summed E-state index contributed by atoms with van der Waals surface area (Å²) in [7, 11) is -3.12.